The highest BCUT2D eigenvalue weighted by molar-refractivity contribution is 5.60. The zero-order chi connectivity index (χ0) is 7.71. The first kappa shape index (κ1) is 5.58. The summed E-state index contributed by atoms with van der Waals surface area (Å²) in [6, 6.07) is 0. The second-order valence-corrected chi connectivity index (χ2v) is 4.26. The Morgan fingerprint density at radius 3 is 2.83 bits per heavy atom. The number of rotatable bonds is 0. The molecule has 4 aliphatic rings. The lowest BCUT2D eigenvalue weighted by atomic mass is 9.75. The lowest BCUT2D eigenvalue weighted by Crippen LogP contribution is -2.19. The number of fused-ring (bicyclic) bond motifs is 6. The molecule has 12 heavy (non-hydrogen) atoms. The molecule has 4 rings (SSSR count). The Hall–Kier alpha value is -1.04. The summed E-state index contributed by atoms with van der Waals surface area (Å²) < 4.78 is 0. The van der Waals surface area contributed by atoms with E-state index in [2.05, 4.69) is 30.4 Å². The summed E-state index contributed by atoms with van der Waals surface area (Å²) in [5.41, 5.74) is 4.85. The molecule has 0 aliphatic heterocycles. The van der Waals surface area contributed by atoms with Crippen LogP contribution in [0.4, 0.5) is 0 Å². The van der Waals surface area contributed by atoms with E-state index in [9.17, 15) is 0 Å². The average molecular weight is 154 g/mol. The van der Waals surface area contributed by atoms with Crippen LogP contribution in [0.5, 0.6) is 0 Å². The van der Waals surface area contributed by atoms with Gasteiger partial charge in [0.05, 0.1) is 0 Å². The molecule has 2 unspecified atom stereocenters. The van der Waals surface area contributed by atoms with Gasteiger partial charge in [-0.25, -0.2) is 0 Å². The molecule has 0 aromatic carbocycles. The van der Waals surface area contributed by atoms with Gasteiger partial charge in [-0.05, 0) is 29.4 Å². The van der Waals surface area contributed by atoms with Gasteiger partial charge in [-0.15, -0.1) is 0 Å². The number of allylic oxidation sites excluding steroid dienone is 8. The number of hydrogen-bond donors (Lipinski definition) is 0. The van der Waals surface area contributed by atoms with Crippen molar-refractivity contribution in [2.75, 3.05) is 0 Å². The van der Waals surface area contributed by atoms with Crippen LogP contribution in [0.3, 0.4) is 0 Å². The van der Waals surface area contributed by atoms with Crippen LogP contribution >= 0.6 is 0 Å². The van der Waals surface area contributed by atoms with Gasteiger partial charge in [0.15, 0.2) is 0 Å². The highest BCUT2D eigenvalue weighted by atomic mass is 14.5. The maximum absolute atomic E-state index is 2.42. The summed E-state index contributed by atoms with van der Waals surface area (Å²) in [6.45, 7) is 0. The fourth-order valence-electron chi connectivity index (χ4n) is 3.05. The lowest BCUT2D eigenvalue weighted by molar-refractivity contribution is 0.446. The molecular weight excluding hydrogens is 144 g/mol. The van der Waals surface area contributed by atoms with Crippen LogP contribution in [0.1, 0.15) is 6.42 Å². The Kier molecular flexibility index (Phi) is 0.705. The van der Waals surface area contributed by atoms with Crippen LogP contribution in [-0.2, 0) is 0 Å². The Labute approximate surface area is 72.0 Å². The van der Waals surface area contributed by atoms with E-state index in [1.807, 2.05) is 0 Å². The predicted molar refractivity (Wildman–Crippen MR) is 48.5 cm³/mol. The Morgan fingerprint density at radius 2 is 2.17 bits per heavy atom. The van der Waals surface area contributed by atoms with Crippen LogP contribution in [0, 0.1) is 17.8 Å². The van der Waals surface area contributed by atoms with Gasteiger partial charge in [0.1, 0.15) is 0 Å². The zero-order valence-corrected chi connectivity index (χ0v) is 6.83. The maximum atomic E-state index is 2.42. The first-order chi connectivity index (χ1) is 5.93. The smallest absolute Gasteiger partial charge is 0.00492 e. The Bertz CT molecular complexity index is 390. The van der Waals surface area contributed by atoms with Crippen molar-refractivity contribution >= 4 is 0 Å². The Balaban J connectivity index is 1.95. The summed E-state index contributed by atoms with van der Waals surface area (Å²) >= 11 is 0. The molecule has 0 radical (unpaired) electrons. The van der Waals surface area contributed by atoms with Gasteiger partial charge < -0.3 is 0 Å². The van der Waals surface area contributed by atoms with Crippen molar-refractivity contribution < 1.29 is 0 Å². The summed E-state index contributed by atoms with van der Waals surface area (Å²) in [5, 5.41) is 0. The fraction of sp³-hybridized carbons (Fsp3) is 0.333. The third-order valence-corrected chi connectivity index (χ3v) is 3.82. The molecule has 0 amide bonds. The fourth-order valence-corrected chi connectivity index (χ4v) is 3.05. The summed E-state index contributed by atoms with van der Waals surface area (Å²) in [7, 11) is 0. The van der Waals surface area contributed by atoms with Gasteiger partial charge in [0.25, 0.3) is 0 Å². The molecule has 0 spiro atoms. The maximum Gasteiger partial charge on any atom is 0.00492 e. The van der Waals surface area contributed by atoms with Crippen LogP contribution in [0.25, 0.3) is 0 Å². The zero-order valence-electron chi connectivity index (χ0n) is 6.83. The summed E-state index contributed by atoms with van der Waals surface area (Å²) in [4.78, 5) is 0. The molecule has 0 heteroatoms. The minimum Gasteiger partial charge on any atom is -0.0833 e. The average Bonchev–Trinajstić information content (AvgIpc) is 2.11. The van der Waals surface area contributed by atoms with Crippen molar-refractivity contribution in [2.24, 2.45) is 17.8 Å². The van der Waals surface area contributed by atoms with Crippen LogP contribution in [0.15, 0.2) is 47.1 Å². The summed E-state index contributed by atoms with van der Waals surface area (Å²) in [6.07, 6.45) is 13.1. The van der Waals surface area contributed by atoms with E-state index in [1.165, 1.54) is 12.0 Å². The Morgan fingerprint density at radius 1 is 1.17 bits per heavy atom. The van der Waals surface area contributed by atoms with Gasteiger partial charge in [0.2, 0.25) is 0 Å². The molecular formula is C12H10. The van der Waals surface area contributed by atoms with Gasteiger partial charge >= 0.3 is 0 Å². The minimum atomic E-state index is 0.822. The van der Waals surface area contributed by atoms with E-state index >= 15 is 0 Å². The molecule has 3 atom stereocenters. The van der Waals surface area contributed by atoms with Crippen molar-refractivity contribution in [3.8, 4) is 0 Å². The molecule has 4 aliphatic carbocycles. The van der Waals surface area contributed by atoms with Crippen LogP contribution in [-0.4, -0.2) is 0 Å². The first-order valence-electron chi connectivity index (χ1n) is 4.74. The molecule has 1 saturated carbocycles. The van der Waals surface area contributed by atoms with E-state index in [1.54, 1.807) is 11.1 Å². The minimum absolute atomic E-state index is 0.822. The second-order valence-electron chi connectivity index (χ2n) is 4.26. The van der Waals surface area contributed by atoms with E-state index in [-0.39, 0.29) is 0 Å². The van der Waals surface area contributed by atoms with E-state index in [0.717, 1.165) is 17.8 Å². The van der Waals surface area contributed by atoms with Crippen LogP contribution < -0.4 is 0 Å². The van der Waals surface area contributed by atoms with Gasteiger partial charge in [-0.1, -0.05) is 36.0 Å². The molecule has 0 aromatic rings. The quantitative estimate of drug-likeness (QED) is 0.470. The van der Waals surface area contributed by atoms with Gasteiger partial charge in [-0.3, -0.25) is 0 Å². The number of hydrogen-bond acceptors (Lipinski definition) is 0. The van der Waals surface area contributed by atoms with Crippen molar-refractivity contribution in [3.63, 3.8) is 0 Å². The van der Waals surface area contributed by atoms with Crippen molar-refractivity contribution in [1.29, 1.82) is 0 Å². The summed E-state index contributed by atoms with van der Waals surface area (Å²) in [5.74, 6) is 2.55. The lowest BCUT2D eigenvalue weighted by Gasteiger charge is -2.28. The topological polar surface area (TPSA) is 0 Å². The third-order valence-electron chi connectivity index (χ3n) is 3.82. The SMILES string of the molecule is C1=CC2=C1C=C1C[C@H]2C2C=CC12. The highest BCUT2D eigenvalue weighted by Crippen LogP contribution is 2.56. The third kappa shape index (κ3) is 0.416. The van der Waals surface area contributed by atoms with E-state index < -0.39 is 0 Å². The van der Waals surface area contributed by atoms with E-state index in [0.29, 0.717) is 0 Å². The molecule has 0 saturated heterocycles. The van der Waals surface area contributed by atoms with E-state index in [4.69, 9.17) is 0 Å². The molecule has 0 heterocycles. The van der Waals surface area contributed by atoms with Gasteiger partial charge in [-0.2, -0.15) is 0 Å². The molecule has 0 aromatic heterocycles. The van der Waals surface area contributed by atoms with Crippen molar-refractivity contribution in [2.45, 2.75) is 6.42 Å². The van der Waals surface area contributed by atoms with Crippen molar-refractivity contribution in [1.82, 2.24) is 0 Å². The molecule has 1 fully saturated rings. The molecule has 0 N–H and O–H groups in total. The predicted octanol–water partition coefficient (Wildman–Crippen LogP) is 2.61. The standard InChI is InChI=1S/C12H10/c1-2-9-7(1)5-8-6-12(9)11-4-3-10(8)11/h1-5,10-12H,6H2/t10?,11?,12-/m1/s1. The molecule has 0 nitrogen and oxygen atoms in total. The molecule has 58 valence electrons. The largest absolute Gasteiger partial charge is 0.0833 e. The normalized spacial score (nSPS) is 44.7. The van der Waals surface area contributed by atoms with Crippen molar-refractivity contribution in [3.05, 3.63) is 47.1 Å². The second kappa shape index (κ2) is 1.52. The van der Waals surface area contributed by atoms with Crippen LogP contribution in [0.2, 0.25) is 0 Å². The monoisotopic (exact) mass is 154 g/mol. The van der Waals surface area contributed by atoms with Gasteiger partial charge in [0, 0.05) is 5.92 Å². The molecule has 2 bridgehead atoms. The first-order valence-corrected chi connectivity index (χ1v) is 4.74. The highest BCUT2D eigenvalue weighted by Gasteiger charge is 2.45.